The molecule has 2 rings (SSSR count). The van der Waals surface area contributed by atoms with E-state index in [1.54, 1.807) is 0 Å². The highest BCUT2D eigenvalue weighted by Crippen LogP contribution is 2.36. The van der Waals surface area contributed by atoms with Crippen LogP contribution in [0.15, 0.2) is 24.3 Å². The van der Waals surface area contributed by atoms with E-state index in [-0.39, 0.29) is 12.1 Å². The van der Waals surface area contributed by atoms with Gasteiger partial charge in [0.2, 0.25) is 0 Å². The highest BCUT2D eigenvalue weighted by Gasteiger charge is 2.36. The van der Waals surface area contributed by atoms with Crippen molar-refractivity contribution >= 4 is 0 Å². The van der Waals surface area contributed by atoms with Crippen LogP contribution in [0.25, 0.3) is 0 Å². The minimum absolute atomic E-state index is 0.208. The summed E-state index contributed by atoms with van der Waals surface area (Å²) in [6.45, 7) is 4.99. The van der Waals surface area contributed by atoms with Crippen molar-refractivity contribution in [3.05, 3.63) is 35.4 Å². The van der Waals surface area contributed by atoms with Crippen LogP contribution in [0.2, 0.25) is 0 Å². The molecule has 0 radical (unpaired) electrons. The molecule has 1 aromatic rings. The maximum absolute atomic E-state index is 5.89. The summed E-state index contributed by atoms with van der Waals surface area (Å²) in [6.07, 6.45) is 4.82. The average molecular weight is 262 g/mol. The predicted octanol–water partition coefficient (Wildman–Crippen LogP) is 2.44. The summed E-state index contributed by atoms with van der Waals surface area (Å²) in [7, 11) is 0. The van der Waals surface area contributed by atoms with Crippen molar-refractivity contribution in [3.63, 3.8) is 0 Å². The van der Waals surface area contributed by atoms with Gasteiger partial charge in [0.15, 0.2) is 0 Å². The molecule has 0 bridgehead atoms. The maximum Gasteiger partial charge on any atom is 0.0772 e. The van der Waals surface area contributed by atoms with Gasteiger partial charge in [0.25, 0.3) is 0 Å². The third kappa shape index (κ3) is 4.03. The zero-order valence-electron chi connectivity index (χ0n) is 12.1. The van der Waals surface area contributed by atoms with Crippen LogP contribution in [0.5, 0.6) is 0 Å². The summed E-state index contributed by atoms with van der Waals surface area (Å²) >= 11 is 0. The maximum atomic E-state index is 5.89. The van der Waals surface area contributed by atoms with E-state index in [4.69, 9.17) is 10.6 Å². The Bertz CT molecular complexity index is 373. The van der Waals surface area contributed by atoms with Crippen molar-refractivity contribution in [2.45, 2.75) is 51.7 Å². The Balaban J connectivity index is 1.99. The number of rotatable bonds is 8. The van der Waals surface area contributed by atoms with Crippen molar-refractivity contribution in [1.82, 2.24) is 5.43 Å². The first kappa shape index (κ1) is 14.5. The number of hydrogen-bond donors (Lipinski definition) is 2. The molecular weight excluding hydrogens is 236 g/mol. The van der Waals surface area contributed by atoms with Crippen molar-refractivity contribution in [2.24, 2.45) is 11.8 Å². The number of hydrogen-bond acceptors (Lipinski definition) is 3. The van der Waals surface area contributed by atoms with Crippen LogP contribution in [0.3, 0.4) is 0 Å². The number of ether oxygens (including phenoxy) is 1. The van der Waals surface area contributed by atoms with Gasteiger partial charge in [-0.3, -0.25) is 11.3 Å². The van der Waals surface area contributed by atoms with Crippen molar-refractivity contribution in [1.29, 1.82) is 0 Å². The smallest absolute Gasteiger partial charge is 0.0772 e. The Labute approximate surface area is 116 Å². The molecule has 3 heteroatoms. The topological polar surface area (TPSA) is 47.3 Å². The number of aryl methyl sites for hydroxylation is 1. The Morgan fingerprint density at radius 2 is 1.84 bits per heavy atom. The molecule has 0 aromatic heterocycles. The minimum atomic E-state index is 0.208. The highest BCUT2D eigenvalue weighted by molar-refractivity contribution is 5.23. The number of hydrazine groups is 1. The van der Waals surface area contributed by atoms with Crippen LogP contribution in [0.4, 0.5) is 0 Å². The van der Waals surface area contributed by atoms with Crippen LogP contribution in [0, 0.1) is 5.92 Å². The summed E-state index contributed by atoms with van der Waals surface area (Å²) in [5.74, 6) is 6.43. The molecule has 1 saturated carbocycles. The lowest BCUT2D eigenvalue weighted by Crippen LogP contribution is -2.47. The molecule has 3 nitrogen and oxygen atoms in total. The summed E-state index contributed by atoms with van der Waals surface area (Å²) in [5.41, 5.74) is 5.66. The number of benzene rings is 1. The van der Waals surface area contributed by atoms with Gasteiger partial charge >= 0.3 is 0 Å². The van der Waals surface area contributed by atoms with Gasteiger partial charge in [-0.2, -0.15) is 0 Å². The SMILES string of the molecule is CCOC(C1CC1)C(Cc1ccc(CC)cc1)NN. The number of nitrogens with one attached hydrogen (secondary N) is 1. The molecule has 0 heterocycles. The lowest BCUT2D eigenvalue weighted by atomic mass is 9.97. The normalized spacial score (nSPS) is 18.3. The minimum Gasteiger partial charge on any atom is -0.377 e. The van der Waals surface area contributed by atoms with E-state index in [1.807, 2.05) is 0 Å². The first-order valence-electron chi connectivity index (χ1n) is 7.44. The highest BCUT2D eigenvalue weighted by atomic mass is 16.5. The molecule has 1 aromatic carbocycles. The molecule has 2 unspecified atom stereocenters. The second kappa shape index (κ2) is 7.04. The lowest BCUT2D eigenvalue weighted by molar-refractivity contribution is 0.0192. The first-order chi connectivity index (χ1) is 9.28. The Morgan fingerprint density at radius 3 is 2.32 bits per heavy atom. The zero-order valence-corrected chi connectivity index (χ0v) is 12.1. The van der Waals surface area contributed by atoms with E-state index in [0.717, 1.165) is 19.4 Å². The fourth-order valence-corrected chi connectivity index (χ4v) is 2.63. The number of nitrogens with two attached hydrogens (primary N) is 1. The molecule has 0 saturated heterocycles. The van der Waals surface area contributed by atoms with E-state index in [2.05, 4.69) is 43.5 Å². The second-order valence-corrected chi connectivity index (χ2v) is 5.40. The summed E-state index contributed by atoms with van der Waals surface area (Å²) in [6, 6.07) is 9.03. The first-order valence-corrected chi connectivity index (χ1v) is 7.44. The molecule has 2 atom stereocenters. The summed E-state index contributed by atoms with van der Waals surface area (Å²) in [5, 5.41) is 0. The third-order valence-corrected chi connectivity index (χ3v) is 3.94. The van der Waals surface area contributed by atoms with Gasteiger partial charge in [-0.1, -0.05) is 31.2 Å². The van der Waals surface area contributed by atoms with E-state index in [0.29, 0.717) is 5.92 Å². The van der Waals surface area contributed by atoms with Crippen molar-refractivity contribution in [2.75, 3.05) is 6.61 Å². The zero-order chi connectivity index (χ0) is 13.7. The van der Waals surface area contributed by atoms with E-state index in [9.17, 15) is 0 Å². The van der Waals surface area contributed by atoms with Gasteiger partial charge in [0.1, 0.15) is 0 Å². The molecule has 106 valence electrons. The van der Waals surface area contributed by atoms with Gasteiger partial charge in [0, 0.05) is 6.61 Å². The Morgan fingerprint density at radius 1 is 1.21 bits per heavy atom. The molecule has 1 fully saturated rings. The predicted molar refractivity (Wildman–Crippen MR) is 78.8 cm³/mol. The molecular formula is C16H26N2O. The van der Waals surface area contributed by atoms with Crippen LogP contribution in [0.1, 0.15) is 37.8 Å². The fourth-order valence-electron chi connectivity index (χ4n) is 2.63. The van der Waals surface area contributed by atoms with Crippen molar-refractivity contribution < 1.29 is 4.74 Å². The molecule has 19 heavy (non-hydrogen) atoms. The van der Waals surface area contributed by atoms with Gasteiger partial charge in [-0.15, -0.1) is 0 Å². The molecule has 0 amide bonds. The van der Waals surface area contributed by atoms with Crippen molar-refractivity contribution in [3.8, 4) is 0 Å². The lowest BCUT2D eigenvalue weighted by Gasteiger charge is -2.26. The summed E-state index contributed by atoms with van der Waals surface area (Å²) in [4.78, 5) is 0. The quantitative estimate of drug-likeness (QED) is 0.559. The fraction of sp³-hybridized carbons (Fsp3) is 0.625. The molecule has 0 aliphatic heterocycles. The van der Waals surface area contributed by atoms with Gasteiger partial charge in [0.05, 0.1) is 12.1 Å². The van der Waals surface area contributed by atoms with Gasteiger partial charge in [-0.05, 0) is 49.7 Å². The standard InChI is InChI=1S/C16H26N2O/c1-3-12-5-7-13(8-6-12)11-15(18-17)16(19-4-2)14-9-10-14/h5-8,14-16,18H,3-4,9-11,17H2,1-2H3. The van der Waals surface area contributed by atoms with Crippen LogP contribution in [-0.4, -0.2) is 18.8 Å². The third-order valence-electron chi connectivity index (χ3n) is 3.94. The Hall–Kier alpha value is -0.900. The van der Waals surface area contributed by atoms with Crippen LogP contribution in [-0.2, 0) is 17.6 Å². The second-order valence-electron chi connectivity index (χ2n) is 5.40. The molecule has 1 aliphatic carbocycles. The van der Waals surface area contributed by atoms with E-state index in [1.165, 1.54) is 24.0 Å². The van der Waals surface area contributed by atoms with Crippen LogP contribution < -0.4 is 11.3 Å². The van der Waals surface area contributed by atoms with E-state index < -0.39 is 0 Å². The molecule has 1 aliphatic rings. The molecule has 0 spiro atoms. The summed E-state index contributed by atoms with van der Waals surface area (Å²) < 4.78 is 5.89. The Kier molecular flexibility index (Phi) is 5.37. The van der Waals surface area contributed by atoms with Gasteiger partial charge < -0.3 is 4.74 Å². The van der Waals surface area contributed by atoms with Gasteiger partial charge in [-0.25, -0.2) is 0 Å². The largest absolute Gasteiger partial charge is 0.377 e. The monoisotopic (exact) mass is 262 g/mol. The van der Waals surface area contributed by atoms with E-state index >= 15 is 0 Å². The van der Waals surface area contributed by atoms with Crippen LogP contribution >= 0.6 is 0 Å². The molecule has 3 N–H and O–H groups in total. The average Bonchev–Trinajstić information content (AvgIpc) is 3.28.